The van der Waals surface area contributed by atoms with Crippen LogP contribution in [0, 0.1) is 6.92 Å². The number of esters is 1. The summed E-state index contributed by atoms with van der Waals surface area (Å²) in [5.74, 6) is -5.89. The number of imide groups is 2. The monoisotopic (exact) mass is 762 g/mol. The molecule has 4 aromatic rings. The molecular formula is C36H19F9N2O7. The summed E-state index contributed by atoms with van der Waals surface area (Å²) in [6.07, 6.45) is -15.0. The van der Waals surface area contributed by atoms with E-state index in [1.165, 1.54) is 13.0 Å². The topological polar surface area (TPSA) is 110 Å². The van der Waals surface area contributed by atoms with Crippen LogP contribution in [0.1, 0.15) is 68.5 Å². The van der Waals surface area contributed by atoms with Gasteiger partial charge in [0.25, 0.3) is 23.6 Å². The van der Waals surface area contributed by atoms with Gasteiger partial charge in [0.05, 0.1) is 33.5 Å². The lowest BCUT2D eigenvalue weighted by Crippen LogP contribution is -2.55. The van der Waals surface area contributed by atoms with Gasteiger partial charge in [0.1, 0.15) is 11.5 Å². The van der Waals surface area contributed by atoms with Gasteiger partial charge in [-0.25, -0.2) is 9.69 Å². The predicted molar refractivity (Wildman–Crippen MR) is 167 cm³/mol. The molecule has 0 aromatic heterocycles. The van der Waals surface area contributed by atoms with Crippen LogP contribution in [-0.2, 0) is 5.41 Å². The molecule has 2 heterocycles. The molecule has 6 rings (SSSR count). The number of anilines is 1. The number of hydrogen-bond acceptors (Lipinski definition) is 7. The molecule has 4 amide bonds. The van der Waals surface area contributed by atoms with Crippen LogP contribution >= 0.6 is 0 Å². The van der Waals surface area contributed by atoms with Gasteiger partial charge < -0.3 is 9.47 Å². The third-order valence-corrected chi connectivity index (χ3v) is 8.76. The fourth-order valence-corrected chi connectivity index (χ4v) is 6.13. The third-order valence-electron chi connectivity index (χ3n) is 8.76. The van der Waals surface area contributed by atoms with Crippen molar-refractivity contribution < 1.29 is 73.0 Å². The highest BCUT2D eigenvalue weighted by atomic mass is 19.4. The molecule has 0 N–H and O–H groups in total. The maximum Gasteiger partial charge on any atom is 0.411 e. The van der Waals surface area contributed by atoms with Crippen molar-refractivity contribution in [2.75, 3.05) is 11.9 Å². The van der Waals surface area contributed by atoms with Crippen molar-refractivity contribution in [2.24, 2.45) is 0 Å². The van der Waals surface area contributed by atoms with E-state index < -0.39 is 92.8 Å². The summed E-state index contributed by atoms with van der Waals surface area (Å²) in [6, 6.07) is 8.26. The highest BCUT2D eigenvalue weighted by Gasteiger charge is 2.73. The van der Waals surface area contributed by atoms with E-state index in [0.717, 1.165) is 43.4 Å². The van der Waals surface area contributed by atoms with Gasteiger partial charge in [0.2, 0.25) is 5.41 Å². The number of carbonyl (C=O) groups excluding carboxylic acids is 5. The van der Waals surface area contributed by atoms with E-state index in [-0.39, 0.29) is 28.3 Å². The van der Waals surface area contributed by atoms with Gasteiger partial charge >= 0.3 is 30.4 Å². The second-order valence-electron chi connectivity index (χ2n) is 11.9. The smallest absolute Gasteiger partial charge is 0.411 e. The fraction of sp³-hybridized carbons (Fsp3) is 0.139. The van der Waals surface area contributed by atoms with E-state index in [9.17, 15) is 63.5 Å². The molecule has 0 bridgehead atoms. The molecule has 4 aromatic carbocycles. The first-order valence-electron chi connectivity index (χ1n) is 15.1. The van der Waals surface area contributed by atoms with Gasteiger partial charge in [0, 0.05) is 7.05 Å². The van der Waals surface area contributed by atoms with Gasteiger partial charge in [-0.2, -0.15) is 39.5 Å². The zero-order chi connectivity index (χ0) is 39.7. The maximum absolute atomic E-state index is 15.0. The van der Waals surface area contributed by atoms with Crippen LogP contribution in [0.3, 0.4) is 0 Å². The van der Waals surface area contributed by atoms with Crippen LogP contribution in [0.15, 0.2) is 91.0 Å². The normalized spacial score (nSPS) is 14.4. The molecule has 278 valence electrons. The van der Waals surface area contributed by atoms with Crippen LogP contribution in [0.5, 0.6) is 11.5 Å². The Morgan fingerprint density at radius 3 is 1.63 bits per heavy atom. The fourth-order valence-electron chi connectivity index (χ4n) is 6.13. The van der Waals surface area contributed by atoms with Gasteiger partial charge in [-0.3, -0.25) is 24.1 Å². The van der Waals surface area contributed by atoms with Crippen LogP contribution in [0.2, 0.25) is 0 Å². The highest BCUT2D eigenvalue weighted by Crippen LogP contribution is 2.57. The van der Waals surface area contributed by atoms with Crippen molar-refractivity contribution in [2.45, 2.75) is 24.7 Å². The van der Waals surface area contributed by atoms with Gasteiger partial charge in [-0.05, 0) is 90.3 Å². The van der Waals surface area contributed by atoms with Gasteiger partial charge in [-0.15, -0.1) is 0 Å². The highest BCUT2D eigenvalue weighted by molar-refractivity contribution is 6.34. The van der Waals surface area contributed by atoms with Crippen molar-refractivity contribution >= 4 is 35.3 Å². The second kappa shape index (κ2) is 12.9. The zero-order valence-corrected chi connectivity index (χ0v) is 27.2. The first kappa shape index (κ1) is 37.3. The van der Waals surface area contributed by atoms with E-state index in [2.05, 4.69) is 4.74 Å². The summed E-state index contributed by atoms with van der Waals surface area (Å²) in [7, 11) is 1.01. The number of carbonyl (C=O) groups is 5. The van der Waals surface area contributed by atoms with E-state index >= 15 is 0 Å². The molecule has 2 aliphatic heterocycles. The number of nitrogens with zero attached hydrogens (tertiary/aromatic N) is 2. The molecule has 0 unspecified atom stereocenters. The number of halogens is 9. The molecule has 0 saturated heterocycles. The Hall–Kier alpha value is -6.46. The zero-order valence-electron chi connectivity index (χ0n) is 27.2. The lowest BCUT2D eigenvalue weighted by molar-refractivity contribution is -0.288. The summed E-state index contributed by atoms with van der Waals surface area (Å²) in [5.41, 5.74) is -10.4. The van der Waals surface area contributed by atoms with Crippen molar-refractivity contribution in [1.82, 2.24) is 4.90 Å². The summed E-state index contributed by atoms with van der Waals surface area (Å²) in [6.45, 7) is 1.38. The maximum atomic E-state index is 15.0. The minimum atomic E-state index is -6.14. The lowest BCUT2D eigenvalue weighted by Gasteiger charge is -2.38. The average Bonchev–Trinajstić information content (AvgIpc) is 3.47. The first-order valence-corrected chi connectivity index (χ1v) is 15.1. The summed E-state index contributed by atoms with van der Waals surface area (Å²) in [4.78, 5) is 65.5. The first-order chi connectivity index (χ1) is 25.2. The van der Waals surface area contributed by atoms with Crippen LogP contribution in [-0.4, -0.2) is 53.9 Å². The molecule has 0 aliphatic carbocycles. The Bertz CT molecular complexity index is 2320. The van der Waals surface area contributed by atoms with Crippen molar-refractivity contribution in [3.8, 4) is 11.5 Å². The third kappa shape index (κ3) is 5.82. The Kier molecular flexibility index (Phi) is 8.90. The molecule has 0 atom stereocenters. The van der Waals surface area contributed by atoms with Gasteiger partial charge in [0.15, 0.2) is 0 Å². The quantitative estimate of drug-likeness (QED) is 0.0616. The second-order valence-corrected chi connectivity index (χ2v) is 11.9. The standard InChI is InChI=1S/C36H19F9N2O7/c1-16-13-20(7-12-26(16)54-33(52)17-3-8-21(9-4-17)53-28(39)27(37)38)47-31(50)23-11-6-19(15-25(23)32(47)51)34(35(40,41)42,36(43,44)45)18-5-10-22-24(14-18)30(49)46(2)29(22)48/h3-15H,1-2H3. The number of alkyl halides is 6. The summed E-state index contributed by atoms with van der Waals surface area (Å²) < 4.78 is 137. The number of aryl methyl sites for hydroxylation is 1. The van der Waals surface area contributed by atoms with E-state index in [0.29, 0.717) is 46.2 Å². The SMILES string of the molecule is Cc1cc(N2C(=O)c3ccc(C(c4ccc5c(c4)C(=O)N(C)C5=O)(C(F)(F)F)C(F)(F)F)cc3C2=O)ccc1OC(=O)c1ccc(OC(F)=C(F)F)cc1. The number of fused-ring (bicyclic) bond motifs is 2. The average molecular weight is 763 g/mol. The van der Waals surface area contributed by atoms with E-state index in [1.54, 1.807) is 0 Å². The lowest BCUT2D eigenvalue weighted by atomic mass is 9.71. The Morgan fingerprint density at radius 1 is 0.611 bits per heavy atom. The minimum absolute atomic E-state index is 0.114. The van der Waals surface area contributed by atoms with E-state index in [1.807, 2.05) is 0 Å². The van der Waals surface area contributed by atoms with Crippen molar-refractivity contribution in [1.29, 1.82) is 0 Å². The molecule has 18 heteroatoms. The van der Waals surface area contributed by atoms with Crippen molar-refractivity contribution in [3.05, 3.63) is 135 Å². The molecule has 0 fully saturated rings. The predicted octanol–water partition coefficient (Wildman–Crippen LogP) is 8.07. The van der Waals surface area contributed by atoms with Crippen LogP contribution in [0.4, 0.5) is 45.2 Å². The van der Waals surface area contributed by atoms with Crippen LogP contribution in [0.25, 0.3) is 0 Å². The summed E-state index contributed by atoms with van der Waals surface area (Å²) >= 11 is 0. The molecule has 0 radical (unpaired) electrons. The summed E-state index contributed by atoms with van der Waals surface area (Å²) in [5, 5.41) is 0. The largest absolute Gasteiger partial charge is 0.428 e. The number of benzene rings is 4. The number of hydrogen-bond donors (Lipinski definition) is 0. The molecule has 2 aliphatic rings. The molecule has 9 nitrogen and oxygen atoms in total. The van der Waals surface area contributed by atoms with Gasteiger partial charge in [-0.1, -0.05) is 12.1 Å². The molecular weight excluding hydrogens is 743 g/mol. The number of amides is 4. The molecule has 0 saturated carbocycles. The van der Waals surface area contributed by atoms with Crippen molar-refractivity contribution in [3.63, 3.8) is 0 Å². The molecule has 54 heavy (non-hydrogen) atoms. The van der Waals surface area contributed by atoms with E-state index in [4.69, 9.17) is 4.74 Å². The Labute approximate surface area is 296 Å². The Morgan fingerprint density at radius 2 is 1.11 bits per heavy atom. The van der Waals surface area contributed by atoms with Crippen LogP contribution < -0.4 is 14.4 Å². The number of ether oxygens (including phenoxy) is 2. The number of rotatable bonds is 7. The molecule has 0 spiro atoms. The Balaban J connectivity index is 1.32. The minimum Gasteiger partial charge on any atom is -0.428 e.